The van der Waals surface area contributed by atoms with Gasteiger partial charge in [-0.05, 0) is 43.0 Å². The fourth-order valence-corrected chi connectivity index (χ4v) is 3.55. The number of hydrogen-bond donors (Lipinski definition) is 3. The highest BCUT2D eigenvalue weighted by Crippen LogP contribution is 2.32. The summed E-state index contributed by atoms with van der Waals surface area (Å²) in [7, 11) is 0. The summed E-state index contributed by atoms with van der Waals surface area (Å²) >= 11 is 0. The Kier molecular flexibility index (Phi) is 5.97. The highest BCUT2D eigenvalue weighted by molar-refractivity contribution is 5.98. The molecule has 0 aliphatic carbocycles. The van der Waals surface area contributed by atoms with Gasteiger partial charge >= 0.3 is 6.09 Å². The molecule has 0 radical (unpaired) electrons. The number of halogens is 1. The second-order valence-electron chi connectivity index (χ2n) is 6.90. The first-order valence-corrected chi connectivity index (χ1v) is 9.15. The Morgan fingerprint density at radius 3 is 2.55 bits per heavy atom. The van der Waals surface area contributed by atoms with Crippen molar-refractivity contribution in [1.82, 2.24) is 14.7 Å². The van der Waals surface area contributed by atoms with Crippen molar-refractivity contribution in [2.24, 2.45) is 11.7 Å². The van der Waals surface area contributed by atoms with Gasteiger partial charge in [-0.15, -0.1) is 0 Å². The largest absolute Gasteiger partial charge is 0.465 e. The summed E-state index contributed by atoms with van der Waals surface area (Å²) in [5.74, 6) is -0.824. The highest BCUT2D eigenvalue weighted by atomic mass is 19.1. The number of primary amides is 1. The van der Waals surface area contributed by atoms with E-state index in [1.54, 1.807) is 4.68 Å². The molecular weight excluding hydrogens is 379 g/mol. The number of nitrogens with one attached hydrogen (secondary N) is 1. The number of rotatable bonds is 6. The molecule has 152 valence electrons. The van der Waals surface area contributed by atoms with E-state index >= 15 is 0 Å². The number of benzene rings is 1. The van der Waals surface area contributed by atoms with Crippen molar-refractivity contribution in [2.75, 3.05) is 18.4 Å². The summed E-state index contributed by atoms with van der Waals surface area (Å²) in [5, 5.41) is 25.8. The summed E-state index contributed by atoms with van der Waals surface area (Å²) in [6.07, 6.45) is 1.88. The summed E-state index contributed by atoms with van der Waals surface area (Å²) in [6.45, 7) is 0.763. The van der Waals surface area contributed by atoms with Crippen molar-refractivity contribution >= 4 is 23.5 Å². The van der Waals surface area contributed by atoms with Crippen LogP contribution in [0, 0.1) is 23.1 Å². The predicted octanol–water partition coefficient (Wildman–Crippen LogP) is 2.71. The molecule has 1 aromatic carbocycles. The molecule has 2 aromatic rings. The number of carbonyl (C=O) groups excluding carboxylic acids is 1. The van der Waals surface area contributed by atoms with E-state index in [0.29, 0.717) is 31.6 Å². The minimum Gasteiger partial charge on any atom is -0.465 e. The number of piperidine rings is 1. The van der Waals surface area contributed by atoms with Gasteiger partial charge in [0, 0.05) is 25.0 Å². The monoisotopic (exact) mass is 400 g/mol. The van der Waals surface area contributed by atoms with E-state index in [0.717, 1.165) is 0 Å². The lowest BCUT2D eigenvalue weighted by Crippen LogP contribution is -2.39. The summed E-state index contributed by atoms with van der Waals surface area (Å²) in [5.41, 5.74) is 6.17. The van der Waals surface area contributed by atoms with E-state index in [-0.39, 0.29) is 29.8 Å². The average molecular weight is 400 g/mol. The molecule has 0 saturated carbocycles. The summed E-state index contributed by atoms with van der Waals surface area (Å²) in [4.78, 5) is 24.3. The van der Waals surface area contributed by atoms with Crippen molar-refractivity contribution in [3.63, 3.8) is 0 Å². The lowest BCUT2D eigenvalue weighted by atomic mass is 9.88. The van der Waals surface area contributed by atoms with E-state index < -0.39 is 17.8 Å². The van der Waals surface area contributed by atoms with Crippen molar-refractivity contribution in [2.45, 2.75) is 25.3 Å². The van der Waals surface area contributed by atoms with Gasteiger partial charge in [0.1, 0.15) is 11.4 Å². The number of carbonyl (C=O) groups is 2. The normalized spacial score (nSPS) is 15.5. The molecule has 1 atom stereocenters. The third-order valence-corrected chi connectivity index (χ3v) is 5.10. The lowest BCUT2D eigenvalue weighted by molar-refractivity contribution is 0.0998. The van der Waals surface area contributed by atoms with E-state index in [1.165, 1.54) is 35.4 Å². The molecule has 0 spiro atoms. The molecule has 1 fully saturated rings. The van der Waals surface area contributed by atoms with E-state index in [9.17, 15) is 19.2 Å². The van der Waals surface area contributed by atoms with Crippen LogP contribution >= 0.6 is 0 Å². The van der Waals surface area contributed by atoms with Gasteiger partial charge in [-0.2, -0.15) is 10.4 Å². The maximum Gasteiger partial charge on any atom is 0.407 e. The number of nitrogens with zero attached hydrogens (tertiary/aromatic N) is 4. The standard InChI is InChI=1S/C19H21FN6O3/c20-13-1-3-14(4-2-13)23-18-15(17(22)27)11-26(24-18)16(5-8-21)12-6-9-25(10-7-12)19(28)29/h1-4,11-12,16H,5-7,9-10H2,(H2,22,27)(H,23,24)(H,28,29)/t16-/m0/s1. The van der Waals surface area contributed by atoms with Crippen molar-refractivity contribution < 1.29 is 19.1 Å². The molecule has 2 amide bonds. The van der Waals surface area contributed by atoms with Crippen LogP contribution < -0.4 is 11.1 Å². The predicted molar refractivity (Wildman–Crippen MR) is 102 cm³/mol. The molecule has 3 rings (SSSR count). The minimum atomic E-state index is -0.957. The number of aromatic nitrogens is 2. The van der Waals surface area contributed by atoms with E-state index in [2.05, 4.69) is 16.5 Å². The SMILES string of the molecule is N#CC[C@@H](C1CCN(C(=O)O)CC1)n1cc(C(N)=O)c(Nc2ccc(F)cc2)n1. The fraction of sp³-hybridized carbons (Fsp3) is 0.368. The first kappa shape index (κ1) is 20.1. The number of nitrogens with two attached hydrogens (primary N) is 1. The van der Waals surface area contributed by atoms with Crippen LogP contribution in [0.25, 0.3) is 0 Å². The maximum atomic E-state index is 13.1. The summed E-state index contributed by atoms with van der Waals surface area (Å²) in [6, 6.07) is 7.39. The number of nitriles is 1. The van der Waals surface area contributed by atoms with Crippen LogP contribution in [-0.2, 0) is 0 Å². The topological polar surface area (TPSA) is 137 Å². The quantitative estimate of drug-likeness (QED) is 0.682. The van der Waals surface area contributed by atoms with Crippen molar-refractivity contribution in [3.05, 3.63) is 41.8 Å². The van der Waals surface area contributed by atoms with Crippen LogP contribution in [-0.4, -0.2) is 44.9 Å². The molecule has 29 heavy (non-hydrogen) atoms. The van der Waals surface area contributed by atoms with Crippen LogP contribution in [0.4, 0.5) is 20.7 Å². The van der Waals surface area contributed by atoms with Crippen molar-refractivity contribution in [1.29, 1.82) is 5.26 Å². The Bertz CT molecular complexity index is 928. The zero-order chi connectivity index (χ0) is 21.0. The molecule has 2 heterocycles. The number of anilines is 2. The second kappa shape index (κ2) is 8.60. The molecule has 0 unspecified atom stereocenters. The molecule has 10 heteroatoms. The smallest absolute Gasteiger partial charge is 0.407 e. The third kappa shape index (κ3) is 4.63. The van der Waals surface area contributed by atoms with Gasteiger partial charge in [0.05, 0.1) is 18.5 Å². The Labute approximate surface area is 166 Å². The zero-order valence-corrected chi connectivity index (χ0v) is 15.6. The van der Waals surface area contributed by atoms with Gasteiger partial charge in [-0.25, -0.2) is 9.18 Å². The van der Waals surface area contributed by atoms with Gasteiger partial charge in [0.2, 0.25) is 0 Å². The van der Waals surface area contributed by atoms with E-state index in [4.69, 9.17) is 10.8 Å². The second-order valence-corrected chi connectivity index (χ2v) is 6.90. The van der Waals surface area contributed by atoms with Gasteiger partial charge in [0.15, 0.2) is 5.82 Å². The first-order valence-electron chi connectivity index (χ1n) is 9.15. The van der Waals surface area contributed by atoms with E-state index in [1.807, 2.05) is 0 Å². The third-order valence-electron chi connectivity index (χ3n) is 5.10. The zero-order valence-electron chi connectivity index (χ0n) is 15.6. The van der Waals surface area contributed by atoms with Crippen LogP contribution in [0.1, 0.15) is 35.7 Å². The molecular formula is C19H21FN6O3. The Morgan fingerprint density at radius 1 is 1.34 bits per heavy atom. The Hall–Kier alpha value is -3.61. The highest BCUT2D eigenvalue weighted by Gasteiger charge is 2.31. The minimum absolute atomic E-state index is 0.0320. The van der Waals surface area contributed by atoms with Crippen molar-refractivity contribution in [3.8, 4) is 6.07 Å². The van der Waals surface area contributed by atoms with Crippen LogP contribution in [0.5, 0.6) is 0 Å². The molecule has 1 aliphatic rings. The van der Waals surface area contributed by atoms with Gasteiger partial charge in [-0.1, -0.05) is 0 Å². The Balaban J connectivity index is 1.85. The molecule has 1 aliphatic heterocycles. The van der Waals surface area contributed by atoms with Crippen LogP contribution in [0.3, 0.4) is 0 Å². The maximum absolute atomic E-state index is 13.1. The molecule has 4 N–H and O–H groups in total. The van der Waals surface area contributed by atoms with Crippen LogP contribution in [0.2, 0.25) is 0 Å². The average Bonchev–Trinajstić information content (AvgIpc) is 3.11. The summed E-state index contributed by atoms with van der Waals surface area (Å²) < 4.78 is 14.7. The first-order chi connectivity index (χ1) is 13.9. The number of likely N-dealkylation sites (tertiary alicyclic amines) is 1. The molecule has 1 saturated heterocycles. The van der Waals surface area contributed by atoms with Gasteiger partial charge in [0.25, 0.3) is 5.91 Å². The molecule has 9 nitrogen and oxygen atoms in total. The lowest BCUT2D eigenvalue weighted by Gasteiger charge is -2.34. The number of carboxylic acid groups (broad SMARTS) is 1. The number of amides is 2. The van der Waals surface area contributed by atoms with Gasteiger partial charge in [-0.3, -0.25) is 9.48 Å². The molecule has 1 aromatic heterocycles. The Morgan fingerprint density at radius 2 is 2.00 bits per heavy atom. The molecule has 0 bridgehead atoms. The number of hydrogen-bond acceptors (Lipinski definition) is 5. The fourth-order valence-electron chi connectivity index (χ4n) is 3.55. The van der Waals surface area contributed by atoms with Crippen LogP contribution in [0.15, 0.2) is 30.5 Å². The van der Waals surface area contributed by atoms with Gasteiger partial charge < -0.3 is 21.1 Å².